The standard InChI is InChI=1S/C28H38FN3O4/c1-18(2)20-15-23(26(35-3)24(29)16-20)25(28(33)34)32-13-11-22(17-32)36-14-5-4-8-21-10-9-19-7-6-12-30-27(19)31-21/h6-7,12,15-16,18,21-22,25H,4-5,8-11,13-14,17H2,1-3H3,(H,30,31)(H,33,34)/t21-,22-,25?/m1/s1. The van der Waals surface area contributed by atoms with Gasteiger partial charge < -0.3 is 19.9 Å². The summed E-state index contributed by atoms with van der Waals surface area (Å²) >= 11 is 0. The van der Waals surface area contributed by atoms with E-state index in [1.54, 1.807) is 6.07 Å². The second-order valence-corrected chi connectivity index (χ2v) is 10.2. The van der Waals surface area contributed by atoms with E-state index in [1.807, 2.05) is 31.0 Å². The van der Waals surface area contributed by atoms with Gasteiger partial charge in [0.15, 0.2) is 11.6 Å². The monoisotopic (exact) mass is 499 g/mol. The van der Waals surface area contributed by atoms with Crippen LogP contribution < -0.4 is 10.1 Å². The van der Waals surface area contributed by atoms with E-state index in [4.69, 9.17) is 9.47 Å². The molecular weight excluding hydrogens is 461 g/mol. The lowest BCUT2D eigenvalue weighted by molar-refractivity contribution is -0.143. The molecule has 3 atom stereocenters. The first-order valence-corrected chi connectivity index (χ1v) is 13.0. The molecule has 0 bridgehead atoms. The number of aryl methyl sites for hydroxylation is 1. The van der Waals surface area contributed by atoms with Crippen molar-refractivity contribution in [3.63, 3.8) is 0 Å². The number of carboxylic acids is 1. The zero-order valence-corrected chi connectivity index (χ0v) is 21.5. The fourth-order valence-corrected chi connectivity index (χ4v) is 5.32. The quantitative estimate of drug-likeness (QED) is 0.413. The van der Waals surface area contributed by atoms with Crippen LogP contribution in [0.4, 0.5) is 10.2 Å². The Hall–Kier alpha value is -2.71. The first kappa shape index (κ1) is 26.4. The van der Waals surface area contributed by atoms with Crippen LogP contribution in [-0.4, -0.2) is 59.9 Å². The van der Waals surface area contributed by atoms with Crippen LogP contribution in [0.5, 0.6) is 5.75 Å². The van der Waals surface area contributed by atoms with E-state index in [9.17, 15) is 14.3 Å². The molecule has 0 aliphatic carbocycles. The summed E-state index contributed by atoms with van der Waals surface area (Å²) in [4.78, 5) is 18.6. The van der Waals surface area contributed by atoms with Crippen molar-refractivity contribution in [2.45, 2.75) is 76.5 Å². The second-order valence-electron chi connectivity index (χ2n) is 10.2. The molecule has 0 radical (unpaired) electrons. The lowest BCUT2D eigenvalue weighted by Crippen LogP contribution is -2.34. The van der Waals surface area contributed by atoms with Crippen molar-refractivity contribution < 1.29 is 23.8 Å². The summed E-state index contributed by atoms with van der Waals surface area (Å²) in [7, 11) is 1.38. The minimum absolute atomic E-state index is 0.00492. The van der Waals surface area contributed by atoms with Gasteiger partial charge >= 0.3 is 5.97 Å². The number of hydrogen-bond donors (Lipinski definition) is 2. The highest BCUT2D eigenvalue weighted by Gasteiger charge is 2.36. The fraction of sp³-hybridized carbons (Fsp3) is 0.571. The number of nitrogens with one attached hydrogen (secondary N) is 1. The highest BCUT2D eigenvalue weighted by atomic mass is 19.1. The summed E-state index contributed by atoms with van der Waals surface area (Å²) in [5, 5.41) is 13.6. The molecule has 1 unspecified atom stereocenters. The van der Waals surface area contributed by atoms with E-state index in [0.29, 0.717) is 31.3 Å². The summed E-state index contributed by atoms with van der Waals surface area (Å²) in [6, 6.07) is 6.79. The Balaban J connectivity index is 1.27. The molecule has 4 rings (SSSR count). The number of carboxylic acid groups (broad SMARTS) is 1. The van der Waals surface area contributed by atoms with Crippen LogP contribution in [0, 0.1) is 5.82 Å². The molecule has 0 saturated carbocycles. The molecule has 7 nitrogen and oxygen atoms in total. The number of methoxy groups -OCH3 is 1. The number of aliphatic carboxylic acids is 1. The van der Waals surface area contributed by atoms with Crippen LogP contribution in [-0.2, 0) is 16.0 Å². The van der Waals surface area contributed by atoms with Gasteiger partial charge in [-0.05, 0) is 73.8 Å². The van der Waals surface area contributed by atoms with Crippen molar-refractivity contribution >= 4 is 11.8 Å². The number of nitrogens with zero attached hydrogens (tertiary/aromatic N) is 2. The van der Waals surface area contributed by atoms with Crippen molar-refractivity contribution in [2.24, 2.45) is 0 Å². The van der Waals surface area contributed by atoms with Gasteiger partial charge in [-0.25, -0.2) is 9.37 Å². The number of pyridine rings is 1. The Morgan fingerprint density at radius 1 is 1.31 bits per heavy atom. The van der Waals surface area contributed by atoms with Gasteiger partial charge in [0.2, 0.25) is 0 Å². The number of benzene rings is 1. The first-order valence-electron chi connectivity index (χ1n) is 13.0. The number of carbonyl (C=O) groups is 1. The minimum Gasteiger partial charge on any atom is -0.493 e. The zero-order chi connectivity index (χ0) is 25.7. The summed E-state index contributed by atoms with van der Waals surface area (Å²) in [5.74, 6) is -0.443. The number of anilines is 1. The van der Waals surface area contributed by atoms with Crippen LogP contribution in [0.3, 0.4) is 0 Å². The number of ether oxygens (including phenoxy) is 2. The topological polar surface area (TPSA) is 83.9 Å². The van der Waals surface area contributed by atoms with Gasteiger partial charge in [-0.2, -0.15) is 0 Å². The zero-order valence-electron chi connectivity index (χ0n) is 21.5. The number of halogens is 1. The predicted molar refractivity (Wildman–Crippen MR) is 137 cm³/mol. The van der Waals surface area contributed by atoms with Crippen LogP contribution in [0.1, 0.15) is 74.6 Å². The molecule has 0 amide bonds. The molecule has 1 aromatic carbocycles. The lowest BCUT2D eigenvalue weighted by atomic mass is 9.95. The smallest absolute Gasteiger partial charge is 0.325 e. The molecule has 2 N–H and O–H groups in total. The molecule has 8 heteroatoms. The van der Waals surface area contributed by atoms with E-state index in [0.717, 1.165) is 49.9 Å². The van der Waals surface area contributed by atoms with E-state index in [1.165, 1.54) is 18.7 Å². The van der Waals surface area contributed by atoms with E-state index < -0.39 is 17.8 Å². The molecule has 1 aromatic heterocycles. The molecule has 36 heavy (non-hydrogen) atoms. The number of aromatic nitrogens is 1. The Morgan fingerprint density at radius 3 is 2.89 bits per heavy atom. The first-order chi connectivity index (χ1) is 17.4. The van der Waals surface area contributed by atoms with Crippen molar-refractivity contribution in [1.82, 2.24) is 9.88 Å². The molecule has 0 spiro atoms. The van der Waals surface area contributed by atoms with Gasteiger partial charge in [0.25, 0.3) is 0 Å². The summed E-state index contributed by atoms with van der Waals surface area (Å²) in [6.07, 6.45) is 7.84. The number of rotatable bonds is 11. The molecule has 2 aliphatic rings. The maximum atomic E-state index is 14.7. The van der Waals surface area contributed by atoms with Gasteiger partial charge in [-0.3, -0.25) is 9.69 Å². The molecule has 1 saturated heterocycles. The maximum Gasteiger partial charge on any atom is 0.325 e. The predicted octanol–water partition coefficient (Wildman–Crippen LogP) is 5.17. The minimum atomic E-state index is -1.01. The largest absolute Gasteiger partial charge is 0.493 e. The SMILES string of the molecule is COc1c(F)cc(C(C)C)cc1C(C(=O)O)N1CC[C@@H](OCCCC[C@@H]2CCc3cccnc3N2)C1. The maximum absolute atomic E-state index is 14.7. The van der Waals surface area contributed by atoms with E-state index in [-0.39, 0.29) is 17.8 Å². The van der Waals surface area contributed by atoms with Gasteiger partial charge in [0.05, 0.1) is 13.2 Å². The number of hydrogen-bond acceptors (Lipinski definition) is 6. The van der Waals surface area contributed by atoms with E-state index >= 15 is 0 Å². The van der Waals surface area contributed by atoms with Crippen LogP contribution >= 0.6 is 0 Å². The molecule has 3 heterocycles. The highest BCUT2D eigenvalue weighted by molar-refractivity contribution is 5.77. The Morgan fingerprint density at radius 2 is 2.14 bits per heavy atom. The summed E-state index contributed by atoms with van der Waals surface area (Å²) < 4.78 is 26.1. The molecule has 2 aromatic rings. The lowest BCUT2D eigenvalue weighted by Gasteiger charge is -2.27. The van der Waals surface area contributed by atoms with Crippen LogP contribution in [0.15, 0.2) is 30.5 Å². The average Bonchev–Trinajstić information content (AvgIpc) is 3.31. The number of likely N-dealkylation sites (tertiary alicyclic amines) is 1. The highest BCUT2D eigenvalue weighted by Crippen LogP contribution is 2.37. The number of fused-ring (bicyclic) bond motifs is 1. The fourth-order valence-electron chi connectivity index (χ4n) is 5.32. The molecular formula is C28H38FN3O4. The second kappa shape index (κ2) is 12.0. The van der Waals surface area contributed by atoms with Crippen molar-refractivity contribution in [3.05, 3.63) is 53.0 Å². The van der Waals surface area contributed by atoms with Crippen molar-refractivity contribution in [3.8, 4) is 5.75 Å². The third-order valence-corrected chi connectivity index (χ3v) is 7.33. The van der Waals surface area contributed by atoms with Gasteiger partial charge in [0, 0.05) is 37.5 Å². The normalized spacial score (nSPS) is 20.7. The molecule has 1 fully saturated rings. The summed E-state index contributed by atoms with van der Waals surface area (Å²) in [6.45, 7) is 5.65. The average molecular weight is 500 g/mol. The molecule has 2 aliphatic heterocycles. The van der Waals surface area contributed by atoms with Gasteiger partial charge in [-0.15, -0.1) is 0 Å². The van der Waals surface area contributed by atoms with Gasteiger partial charge in [-0.1, -0.05) is 19.9 Å². The van der Waals surface area contributed by atoms with Crippen LogP contribution in [0.2, 0.25) is 0 Å². The Bertz CT molecular complexity index is 1050. The van der Waals surface area contributed by atoms with Crippen LogP contribution in [0.25, 0.3) is 0 Å². The number of unbranched alkanes of at least 4 members (excludes halogenated alkanes) is 1. The summed E-state index contributed by atoms with van der Waals surface area (Å²) in [5.41, 5.74) is 2.41. The third-order valence-electron chi connectivity index (χ3n) is 7.33. The van der Waals surface area contributed by atoms with E-state index in [2.05, 4.69) is 16.4 Å². The Labute approximate surface area is 213 Å². The van der Waals surface area contributed by atoms with Crippen molar-refractivity contribution in [1.29, 1.82) is 0 Å². The van der Waals surface area contributed by atoms with Gasteiger partial charge in [0.1, 0.15) is 11.9 Å². The van der Waals surface area contributed by atoms with Crippen molar-refractivity contribution in [2.75, 3.05) is 32.1 Å². The Kier molecular flexibility index (Phi) is 8.80. The third kappa shape index (κ3) is 6.16. The molecule has 196 valence electrons.